The Kier molecular flexibility index (Phi) is 11.0. The van der Waals surface area contributed by atoms with Crippen LogP contribution in [0, 0.1) is 43.1 Å². The molecule has 0 N–H and O–H groups in total. The van der Waals surface area contributed by atoms with Crippen LogP contribution in [0.5, 0.6) is 0 Å². The van der Waals surface area contributed by atoms with Crippen molar-refractivity contribution in [2.75, 3.05) is 0 Å². The van der Waals surface area contributed by atoms with E-state index >= 15 is 0 Å². The van der Waals surface area contributed by atoms with Gasteiger partial charge in [-0.25, -0.2) is 4.98 Å². The molecule has 0 unspecified atom stereocenters. The van der Waals surface area contributed by atoms with Gasteiger partial charge < -0.3 is 22.3 Å². The van der Waals surface area contributed by atoms with Crippen molar-refractivity contribution in [2.45, 2.75) is 20.8 Å². The first-order valence-corrected chi connectivity index (χ1v) is 6.96. The molecule has 0 aliphatic rings. The van der Waals surface area contributed by atoms with Gasteiger partial charge in [0.1, 0.15) is 0 Å². The standard InChI is InChI=1S/C18H17N3.3CH3.Ru/c1-12-4-6-19-15(8-12)17-10-14(3)11-18(21-17)16-9-13(2)5-7-20-16;;;;/h4-11H,1-3H3;3*1H3;/q;3*-1;+3. The first kappa shape index (κ1) is 25.3. The van der Waals surface area contributed by atoms with Gasteiger partial charge in [0.15, 0.2) is 0 Å². The van der Waals surface area contributed by atoms with Gasteiger partial charge in [0.05, 0.1) is 22.8 Å². The SMILES string of the molecule is Cc1ccnc(-c2cc(C)cc(-c3cc(C)ccn3)n2)c1.[CH3-].[CH3-].[CH3-].[Ru+3]. The van der Waals surface area contributed by atoms with Gasteiger partial charge in [0.25, 0.3) is 0 Å². The smallest absolute Gasteiger partial charge is 0.358 e. The molecular formula is C21H26N3Ru. The van der Waals surface area contributed by atoms with E-state index in [1.165, 1.54) is 11.1 Å². The van der Waals surface area contributed by atoms with E-state index in [4.69, 9.17) is 4.98 Å². The van der Waals surface area contributed by atoms with E-state index in [1.54, 1.807) is 0 Å². The molecule has 0 aliphatic heterocycles. The van der Waals surface area contributed by atoms with Crippen molar-refractivity contribution >= 4 is 0 Å². The molecule has 0 saturated heterocycles. The Bertz CT molecular complexity index is 737. The van der Waals surface area contributed by atoms with Crippen molar-refractivity contribution in [1.82, 2.24) is 15.0 Å². The van der Waals surface area contributed by atoms with E-state index < -0.39 is 0 Å². The molecule has 3 heterocycles. The van der Waals surface area contributed by atoms with Gasteiger partial charge in [0.2, 0.25) is 0 Å². The average Bonchev–Trinajstić information content (AvgIpc) is 2.46. The molecule has 0 spiro atoms. The quantitative estimate of drug-likeness (QED) is 0.406. The summed E-state index contributed by atoms with van der Waals surface area (Å²) in [6, 6.07) is 12.2. The fraction of sp³-hybridized carbons (Fsp3) is 0.143. The predicted molar refractivity (Wildman–Crippen MR) is 104 cm³/mol. The molecule has 25 heavy (non-hydrogen) atoms. The molecule has 3 rings (SSSR count). The van der Waals surface area contributed by atoms with Gasteiger partial charge in [-0.3, -0.25) is 9.97 Å². The van der Waals surface area contributed by atoms with E-state index in [1.807, 2.05) is 24.5 Å². The maximum absolute atomic E-state index is 4.73. The summed E-state index contributed by atoms with van der Waals surface area (Å²) in [5, 5.41) is 0. The summed E-state index contributed by atoms with van der Waals surface area (Å²) >= 11 is 0. The normalized spacial score (nSPS) is 8.92. The number of hydrogen-bond acceptors (Lipinski definition) is 3. The van der Waals surface area contributed by atoms with E-state index in [0.717, 1.165) is 28.3 Å². The van der Waals surface area contributed by atoms with Crippen LogP contribution >= 0.6 is 0 Å². The summed E-state index contributed by atoms with van der Waals surface area (Å²) in [5.74, 6) is 0. The number of nitrogens with zero attached hydrogens (tertiary/aromatic N) is 3. The minimum absolute atomic E-state index is 0. The number of aromatic nitrogens is 3. The fourth-order valence-corrected chi connectivity index (χ4v) is 2.28. The zero-order valence-electron chi connectivity index (χ0n) is 15.8. The number of rotatable bonds is 2. The first-order chi connectivity index (χ1) is 10.1. The van der Waals surface area contributed by atoms with Gasteiger partial charge in [-0.15, -0.1) is 0 Å². The second-order valence-electron chi connectivity index (χ2n) is 5.35. The zero-order valence-corrected chi connectivity index (χ0v) is 17.6. The van der Waals surface area contributed by atoms with Gasteiger partial charge >= 0.3 is 19.5 Å². The minimum atomic E-state index is 0. The molecule has 0 aromatic carbocycles. The molecule has 0 saturated carbocycles. The van der Waals surface area contributed by atoms with E-state index in [0.29, 0.717) is 0 Å². The Labute approximate surface area is 165 Å². The van der Waals surface area contributed by atoms with Gasteiger partial charge in [-0.2, -0.15) is 0 Å². The van der Waals surface area contributed by atoms with Crippen LogP contribution < -0.4 is 0 Å². The van der Waals surface area contributed by atoms with Crippen LogP contribution in [0.3, 0.4) is 0 Å². The molecule has 3 nitrogen and oxygen atoms in total. The van der Waals surface area contributed by atoms with Crippen LogP contribution in [0.25, 0.3) is 22.8 Å². The first-order valence-electron chi connectivity index (χ1n) is 6.96. The van der Waals surface area contributed by atoms with Crippen molar-refractivity contribution in [2.24, 2.45) is 0 Å². The minimum Gasteiger partial charge on any atom is -0.358 e. The van der Waals surface area contributed by atoms with Crippen LogP contribution in [-0.2, 0) is 19.5 Å². The zero-order chi connectivity index (χ0) is 14.8. The molecular weight excluding hydrogens is 395 g/mol. The third-order valence-corrected chi connectivity index (χ3v) is 3.33. The third-order valence-electron chi connectivity index (χ3n) is 3.33. The Hall–Kier alpha value is -1.93. The summed E-state index contributed by atoms with van der Waals surface area (Å²) in [4.78, 5) is 13.6. The van der Waals surface area contributed by atoms with Crippen molar-refractivity contribution in [3.8, 4) is 22.8 Å². The second kappa shape index (κ2) is 10.8. The van der Waals surface area contributed by atoms with Crippen LogP contribution in [0.2, 0.25) is 0 Å². The maximum Gasteiger partial charge on any atom is 3.00 e. The average molecular weight is 422 g/mol. The third kappa shape index (κ3) is 6.14. The number of aryl methyl sites for hydroxylation is 3. The predicted octanol–water partition coefficient (Wildman–Crippen LogP) is 5.48. The Morgan fingerprint density at radius 3 is 1.28 bits per heavy atom. The van der Waals surface area contributed by atoms with E-state index in [9.17, 15) is 0 Å². The monoisotopic (exact) mass is 422 g/mol. The molecule has 0 atom stereocenters. The Balaban J connectivity index is 0. The van der Waals surface area contributed by atoms with E-state index in [2.05, 4.69) is 55.0 Å². The van der Waals surface area contributed by atoms with E-state index in [-0.39, 0.29) is 41.8 Å². The Morgan fingerprint density at radius 1 is 0.560 bits per heavy atom. The summed E-state index contributed by atoms with van der Waals surface area (Å²) < 4.78 is 0. The van der Waals surface area contributed by atoms with Crippen molar-refractivity contribution in [3.05, 3.63) is 87.8 Å². The molecule has 0 amide bonds. The van der Waals surface area contributed by atoms with Crippen molar-refractivity contribution < 1.29 is 19.5 Å². The topological polar surface area (TPSA) is 38.7 Å². The van der Waals surface area contributed by atoms with Gasteiger partial charge in [0, 0.05) is 12.4 Å². The maximum atomic E-state index is 4.73. The molecule has 0 aliphatic carbocycles. The Morgan fingerprint density at radius 2 is 0.920 bits per heavy atom. The molecule has 0 bridgehead atoms. The van der Waals surface area contributed by atoms with Crippen LogP contribution in [0.15, 0.2) is 48.8 Å². The molecule has 1 radical (unpaired) electrons. The molecule has 3 aromatic heterocycles. The fourth-order valence-electron chi connectivity index (χ4n) is 2.28. The van der Waals surface area contributed by atoms with Gasteiger partial charge in [-0.05, 0) is 73.9 Å². The van der Waals surface area contributed by atoms with Crippen LogP contribution in [0.4, 0.5) is 0 Å². The molecule has 0 fully saturated rings. The largest absolute Gasteiger partial charge is 3.00 e. The number of hydrogen-bond donors (Lipinski definition) is 0. The van der Waals surface area contributed by atoms with Crippen LogP contribution in [-0.4, -0.2) is 15.0 Å². The molecule has 133 valence electrons. The van der Waals surface area contributed by atoms with Crippen molar-refractivity contribution in [1.29, 1.82) is 0 Å². The molecule has 3 aromatic rings. The van der Waals surface area contributed by atoms with Gasteiger partial charge in [-0.1, -0.05) is 0 Å². The second-order valence-corrected chi connectivity index (χ2v) is 5.35. The number of pyridine rings is 3. The van der Waals surface area contributed by atoms with Crippen molar-refractivity contribution in [3.63, 3.8) is 0 Å². The molecule has 4 heteroatoms. The summed E-state index contributed by atoms with van der Waals surface area (Å²) in [7, 11) is 0. The summed E-state index contributed by atoms with van der Waals surface area (Å²) in [6.45, 7) is 6.19. The summed E-state index contributed by atoms with van der Waals surface area (Å²) in [5.41, 5.74) is 7.08. The van der Waals surface area contributed by atoms with Crippen LogP contribution in [0.1, 0.15) is 16.7 Å². The summed E-state index contributed by atoms with van der Waals surface area (Å²) in [6.07, 6.45) is 3.64.